The number of anilines is 1. The van der Waals surface area contributed by atoms with Crippen molar-refractivity contribution >= 4 is 11.5 Å². The SMILES string of the molecule is O=c1[nH]nc2cc(NCCN3CCNCC3)ncn12. The first-order chi connectivity index (χ1) is 9.33. The lowest BCUT2D eigenvalue weighted by Crippen LogP contribution is -2.45. The monoisotopic (exact) mass is 263 g/mol. The van der Waals surface area contributed by atoms with Gasteiger partial charge in [-0.2, -0.15) is 5.10 Å². The number of nitrogens with zero attached hydrogens (tertiary/aromatic N) is 4. The van der Waals surface area contributed by atoms with E-state index in [-0.39, 0.29) is 5.69 Å². The Morgan fingerprint density at radius 3 is 3.05 bits per heavy atom. The van der Waals surface area contributed by atoms with Crippen LogP contribution in [0.3, 0.4) is 0 Å². The van der Waals surface area contributed by atoms with Crippen molar-refractivity contribution in [3.05, 3.63) is 22.9 Å². The fourth-order valence-corrected chi connectivity index (χ4v) is 2.18. The Morgan fingerprint density at radius 1 is 1.37 bits per heavy atom. The van der Waals surface area contributed by atoms with E-state index in [0.29, 0.717) is 5.65 Å². The summed E-state index contributed by atoms with van der Waals surface area (Å²) in [5.74, 6) is 0.738. The maximum atomic E-state index is 11.3. The fraction of sp³-hybridized carbons (Fsp3) is 0.545. The van der Waals surface area contributed by atoms with Gasteiger partial charge in [-0.05, 0) is 0 Å². The molecule has 102 valence electrons. The van der Waals surface area contributed by atoms with Crippen molar-refractivity contribution in [3.8, 4) is 0 Å². The minimum absolute atomic E-state index is 0.269. The number of aromatic nitrogens is 4. The van der Waals surface area contributed by atoms with Gasteiger partial charge >= 0.3 is 5.69 Å². The van der Waals surface area contributed by atoms with Gasteiger partial charge in [0.15, 0.2) is 5.65 Å². The molecule has 2 aromatic heterocycles. The number of fused-ring (bicyclic) bond motifs is 1. The van der Waals surface area contributed by atoms with Crippen LogP contribution in [0.4, 0.5) is 5.82 Å². The van der Waals surface area contributed by atoms with E-state index in [9.17, 15) is 4.79 Å². The molecule has 1 saturated heterocycles. The summed E-state index contributed by atoms with van der Waals surface area (Å²) in [5, 5.41) is 12.9. The molecular weight excluding hydrogens is 246 g/mol. The molecule has 0 radical (unpaired) electrons. The van der Waals surface area contributed by atoms with Crippen LogP contribution in [-0.2, 0) is 0 Å². The Hall–Kier alpha value is -1.93. The number of hydrogen-bond donors (Lipinski definition) is 3. The molecule has 0 aliphatic carbocycles. The molecular formula is C11H17N7O. The van der Waals surface area contributed by atoms with Crippen LogP contribution in [0.1, 0.15) is 0 Å². The maximum Gasteiger partial charge on any atom is 0.348 e. The zero-order valence-electron chi connectivity index (χ0n) is 10.6. The van der Waals surface area contributed by atoms with Crippen molar-refractivity contribution in [2.75, 3.05) is 44.6 Å². The highest BCUT2D eigenvalue weighted by Crippen LogP contribution is 2.03. The number of rotatable bonds is 4. The molecule has 3 N–H and O–H groups in total. The zero-order valence-corrected chi connectivity index (χ0v) is 10.6. The first-order valence-electron chi connectivity index (χ1n) is 6.43. The molecule has 8 heteroatoms. The van der Waals surface area contributed by atoms with Crippen LogP contribution in [-0.4, -0.2) is 63.8 Å². The molecule has 3 rings (SSSR count). The van der Waals surface area contributed by atoms with Crippen molar-refractivity contribution < 1.29 is 0 Å². The van der Waals surface area contributed by atoms with Gasteiger partial charge in [0.05, 0.1) is 0 Å². The summed E-state index contributed by atoms with van der Waals surface area (Å²) in [6, 6.07) is 1.76. The number of nitrogens with one attached hydrogen (secondary N) is 3. The molecule has 0 saturated carbocycles. The average Bonchev–Trinajstić information content (AvgIpc) is 2.81. The molecule has 1 fully saturated rings. The smallest absolute Gasteiger partial charge is 0.348 e. The Labute approximate surface area is 109 Å². The predicted molar refractivity (Wildman–Crippen MR) is 71.4 cm³/mol. The summed E-state index contributed by atoms with van der Waals surface area (Å²) in [4.78, 5) is 17.9. The van der Waals surface area contributed by atoms with Gasteiger partial charge in [-0.25, -0.2) is 19.3 Å². The first-order valence-corrected chi connectivity index (χ1v) is 6.43. The summed E-state index contributed by atoms with van der Waals surface area (Å²) < 4.78 is 1.38. The summed E-state index contributed by atoms with van der Waals surface area (Å²) in [6.07, 6.45) is 1.48. The average molecular weight is 263 g/mol. The lowest BCUT2D eigenvalue weighted by Gasteiger charge is -2.27. The highest BCUT2D eigenvalue weighted by atomic mass is 16.1. The third kappa shape index (κ3) is 2.74. The van der Waals surface area contributed by atoms with Crippen LogP contribution in [0.25, 0.3) is 5.65 Å². The van der Waals surface area contributed by atoms with Crippen molar-refractivity contribution in [1.29, 1.82) is 0 Å². The van der Waals surface area contributed by atoms with Crippen molar-refractivity contribution in [1.82, 2.24) is 29.8 Å². The highest BCUT2D eigenvalue weighted by molar-refractivity contribution is 5.48. The van der Waals surface area contributed by atoms with Crippen molar-refractivity contribution in [2.45, 2.75) is 0 Å². The largest absolute Gasteiger partial charge is 0.369 e. The van der Waals surface area contributed by atoms with Gasteiger partial charge < -0.3 is 10.6 Å². The highest BCUT2D eigenvalue weighted by Gasteiger charge is 2.08. The minimum Gasteiger partial charge on any atom is -0.369 e. The number of hydrogen-bond acceptors (Lipinski definition) is 6. The van der Waals surface area contributed by atoms with E-state index < -0.39 is 0 Å². The summed E-state index contributed by atoms with van der Waals surface area (Å²) >= 11 is 0. The molecule has 1 aliphatic rings. The van der Waals surface area contributed by atoms with Gasteiger partial charge in [0, 0.05) is 45.3 Å². The van der Waals surface area contributed by atoms with E-state index in [1.165, 1.54) is 10.7 Å². The molecule has 0 bridgehead atoms. The van der Waals surface area contributed by atoms with Crippen molar-refractivity contribution in [3.63, 3.8) is 0 Å². The molecule has 2 aromatic rings. The molecule has 0 spiro atoms. The Balaban J connectivity index is 1.57. The van der Waals surface area contributed by atoms with Gasteiger partial charge in [0.25, 0.3) is 0 Å². The third-order valence-corrected chi connectivity index (χ3v) is 3.25. The Kier molecular flexibility index (Phi) is 3.43. The van der Waals surface area contributed by atoms with E-state index >= 15 is 0 Å². The molecule has 1 aliphatic heterocycles. The van der Waals surface area contributed by atoms with E-state index in [2.05, 4.69) is 30.7 Å². The predicted octanol–water partition coefficient (Wildman–Crippen LogP) is -1.27. The quantitative estimate of drug-likeness (QED) is 0.637. The number of H-pyrrole nitrogens is 1. The summed E-state index contributed by atoms with van der Waals surface area (Å²) in [6.45, 7) is 6.10. The van der Waals surface area contributed by atoms with E-state index in [1.807, 2.05) is 0 Å². The molecule has 8 nitrogen and oxygen atoms in total. The van der Waals surface area contributed by atoms with Gasteiger partial charge in [-0.1, -0.05) is 0 Å². The molecule has 0 amide bonds. The molecule has 0 unspecified atom stereocenters. The summed E-state index contributed by atoms with van der Waals surface area (Å²) in [7, 11) is 0. The van der Waals surface area contributed by atoms with Crippen molar-refractivity contribution in [2.24, 2.45) is 0 Å². The Morgan fingerprint density at radius 2 is 2.21 bits per heavy atom. The van der Waals surface area contributed by atoms with Crippen LogP contribution in [0.2, 0.25) is 0 Å². The zero-order chi connectivity index (χ0) is 13.1. The van der Waals surface area contributed by atoms with Crippen LogP contribution >= 0.6 is 0 Å². The summed E-state index contributed by atoms with van der Waals surface area (Å²) in [5.41, 5.74) is 0.305. The fourth-order valence-electron chi connectivity index (χ4n) is 2.18. The second-order valence-corrected chi connectivity index (χ2v) is 4.55. The first kappa shape index (κ1) is 12.1. The Bertz CT molecular complexity index is 598. The third-order valence-electron chi connectivity index (χ3n) is 3.25. The van der Waals surface area contributed by atoms with Gasteiger partial charge in [0.1, 0.15) is 12.1 Å². The standard InChI is InChI=1S/C11H17N7O/c19-11-16-15-10-7-9(14-8-18(10)11)13-3-6-17-4-1-12-2-5-17/h7-8,12-13H,1-6H2,(H,16,19). The minimum atomic E-state index is -0.269. The van der Waals surface area contributed by atoms with E-state index in [0.717, 1.165) is 45.1 Å². The molecule has 19 heavy (non-hydrogen) atoms. The number of piperazine rings is 1. The maximum absolute atomic E-state index is 11.3. The molecule has 0 aromatic carbocycles. The van der Waals surface area contributed by atoms with E-state index in [4.69, 9.17) is 0 Å². The van der Waals surface area contributed by atoms with Gasteiger partial charge in [0.2, 0.25) is 0 Å². The molecule has 3 heterocycles. The number of aromatic amines is 1. The lowest BCUT2D eigenvalue weighted by molar-refractivity contribution is 0.249. The second kappa shape index (κ2) is 5.37. The molecule has 0 atom stereocenters. The van der Waals surface area contributed by atoms with Crippen LogP contribution in [0.15, 0.2) is 17.2 Å². The van der Waals surface area contributed by atoms with Gasteiger partial charge in [-0.15, -0.1) is 0 Å². The van der Waals surface area contributed by atoms with Crippen LogP contribution in [0.5, 0.6) is 0 Å². The van der Waals surface area contributed by atoms with E-state index in [1.54, 1.807) is 6.07 Å². The van der Waals surface area contributed by atoms with Gasteiger partial charge in [-0.3, -0.25) is 4.90 Å². The topological polar surface area (TPSA) is 90.3 Å². The normalized spacial score (nSPS) is 16.8. The van der Waals surface area contributed by atoms with Crippen LogP contribution in [0, 0.1) is 0 Å². The lowest BCUT2D eigenvalue weighted by atomic mass is 10.3. The van der Waals surface area contributed by atoms with Crippen LogP contribution < -0.4 is 16.3 Å². The second-order valence-electron chi connectivity index (χ2n) is 4.55.